The number of rotatable bonds is 7. The van der Waals surface area contributed by atoms with Gasteiger partial charge in [-0.2, -0.15) is 5.10 Å². The molecule has 0 bridgehead atoms. The van der Waals surface area contributed by atoms with E-state index in [-0.39, 0.29) is 0 Å². The van der Waals surface area contributed by atoms with Crippen molar-refractivity contribution in [2.24, 2.45) is 5.10 Å². The SMILES string of the molecule is COc1ccc(C(=O)Oc2ccccc2C=NNC(=O)c2[nH]c3ccc(Br)cc3c2-c2ccccc2)cc1. The Bertz CT molecular complexity index is 1640. The largest absolute Gasteiger partial charge is 0.497 e. The van der Waals surface area contributed by atoms with Gasteiger partial charge in [0.05, 0.1) is 18.9 Å². The maximum atomic E-state index is 13.2. The molecule has 8 heteroatoms. The number of hydrogen-bond donors (Lipinski definition) is 2. The molecule has 38 heavy (non-hydrogen) atoms. The summed E-state index contributed by atoms with van der Waals surface area (Å²) < 4.78 is 11.6. The summed E-state index contributed by atoms with van der Waals surface area (Å²) in [5.41, 5.74) is 6.40. The van der Waals surface area contributed by atoms with Crippen molar-refractivity contribution in [3.05, 3.63) is 118 Å². The van der Waals surface area contributed by atoms with Gasteiger partial charge in [0.25, 0.3) is 5.91 Å². The molecule has 7 nitrogen and oxygen atoms in total. The van der Waals surface area contributed by atoms with Crippen molar-refractivity contribution in [2.75, 3.05) is 7.11 Å². The first-order valence-electron chi connectivity index (χ1n) is 11.7. The highest BCUT2D eigenvalue weighted by atomic mass is 79.9. The number of ether oxygens (including phenoxy) is 2. The van der Waals surface area contributed by atoms with Crippen molar-refractivity contribution in [3.8, 4) is 22.6 Å². The van der Waals surface area contributed by atoms with Gasteiger partial charge in [-0.3, -0.25) is 4.79 Å². The van der Waals surface area contributed by atoms with E-state index in [1.165, 1.54) is 6.21 Å². The van der Waals surface area contributed by atoms with E-state index in [2.05, 4.69) is 31.4 Å². The fourth-order valence-electron chi connectivity index (χ4n) is 4.02. The molecule has 0 aliphatic heterocycles. The molecule has 188 valence electrons. The molecule has 2 N–H and O–H groups in total. The summed E-state index contributed by atoms with van der Waals surface area (Å²) in [6, 6.07) is 29.1. The smallest absolute Gasteiger partial charge is 0.343 e. The number of hydrogen-bond acceptors (Lipinski definition) is 5. The van der Waals surface area contributed by atoms with Gasteiger partial charge >= 0.3 is 5.97 Å². The molecule has 0 atom stereocenters. The van der Waals surface area contributed by atoms with Gasteiger partial charge < -0.3 is 14.5 Å². The van der Waals surface area contributed by atoms with Gasteiger partial charge in [0.1, 0.15) is 17.2 Å². The Hall–Kier alpha value is -4.69. The third kappa shape index (κ3) is 5.35. The van der Waals surface area contributed by atoms with E-state index in [1.807, 2.05) is 48.5 Å². The number of aromatic amines is 1. The predicted octanol–water partition coefficient (Wildman–Crippen LogP) is 6.59. The molecule has 0 aliphatic carbocycles. The van der Waals surface area contributed by atoms with Crippen molar-refractivity contribution in [2.45, 2.75) is 0 Å². The van der Waals surface area contributed by atoms with Gasteiger partial charge in [0, 0.05) is 26.5 Å². The van der Waals surface area contributed by atoms with Crippen LogP contribution < -0.4 is 14.9 Å². The second-order valence-electron chi connectivity index (χ2n) is 8.29. The van der Waals surface area contributed by atoms with Crippen LogP contribution in [0, 0.1) is 0 Å². The van der Waals surface area contributed by atoms with Crippen molar-refractivity contribution < 1.29 is 19.1 Å². The number of hydrazone groups is 1. The lowest BCUT2D eigenvalue weighted by Crippen LogP contribution is -2.19. The number of amides is 1. The average Bonchev–Trinajstić information content (AvgIpc) is 3.33. The molecule has 0 spiro atoms. The Morgan fingerprint density at radius 3 is 2.42 bits per heavy atom. The van der Waals surface area contributed by atoms with Gasteiger partial charge in [-0.05, 0) is 60.2 Å². The lowest BCUT2D eigenvalue weighted by atomic mass is 10.0. The third-order valence-corrected chi connectivity index (χ3v) is 6.36. The second kappa shape index (κ2) is 11.1. The highest BCUT2D eigenvalue weighted by Crippen LogP contribution is 2.34. The Balaban J connectivity index is 1.37. The van der Waals surface area contributed by atoms with Crippen molar-refractivity contribution >= 4 is 44.9 Å². The standard InChI is InChI=1S/C30H22BrN3O4/c1-37-23-14-11-20(12-15-23)30(36)38-26-10-6-5-9-21(26)18-32-34-29(35)28-27(19-7-3-2-4-8-19)24-17-22(31)13-16-25(24)33-28/h2-18,33H,1H3,(H,34,35). The zero-order valence-corrected chi connectivity index (χ0v) is 21.9. The zero-order valence-electron chi connectivity index (χ0n) is 20.3. The van der Waals surface area contributed by atoms with Crippen LogP contribution >= 0.6 is 15.9 Å². The predicted molar refractivity (Wildman–Crippen MR) is 151 cm³/mol. The number of nitrogens with one attached hydrogen (secondary N) is 2. The highest BCUT2D eigenvalue weighted by molar-refractivity contribution is 9.10. The van der Waals surface area contributed by atoms with E-state index < -0.39 is 11.9 Å². The van der Waals surface area contributed by atoms with Gasteiger partial charge in [-0.15, -0.1) is 0 Å². The number of fused-ring (bicyclic) bond motifs is 1. The number of H-pyrrole nitrogens is 1. The van der Waals surface area contributed by atoms with Crippen LogP contribution in [0.1, 0.15) is 26.4 Å². The van der Waals surface area contributed by atoms with Crippen LogP contribution in [0.5, 0.6) is 11.5 Å². The van der Waals surface area contributed by atoms with E-state index >= 15 is 0 Å². The fourth-order valence-corrected chi connectivity index (χ4v) is 4.38. The minimum atomic E-state index is -0.519. The lowest BCUT2D eigenvalue weighted by molar-refractivity contribution is 0.0734. The molecule has 1 aromatic heterocycles. The topological polar surface area (TPSA) is 92.8 Å². The molecular weight excluding hydrogens is 546 g/mol. The Morgan fingerprint density at radius 2 is 1.66 bits per heavy atom. The van der Waals surface area contributed by atoms with E-state index in [0.717, 1.165) is 26.5 Å². The van der Waals surface area contributed by atoms with Crippen LogP contribution in [0.25, 0.3) is 22.0 Å². The molecule has 0 fully saturated rings. The summed E-state index contributed by atoms with van der Waals surface area (Å²) in [5, 5.41) is 5.05. The maximum Gasteiger partial charge on any atom is 0.343 e. The summed E-state index contributed by atoms with van der Waals surface area (Å²) in [4.78, 5) is 29.1. The average molecular weight is 568 g/mol. The number of benzene rings is 4. The van der Waals surface area contributed by atoms with Crippen molar-refractivity contribution in [1.29, 1.82) is 0 Å². The van der Waals surface area contributed by atoms with E-state index in [4.69, 9.17) is 9.47 Å². The van der Waals surface area contributed by atoms with Crippen LogP contribution in [0.3, 0.4) is 0 Å². The summed E-state index contributed by atoms with van der Waals surface area (Å²) in [5.74, 6) is 0.0315. The first-order valence-corrected chi connectivity index (χ1v) is 12.5. The first kappa shape index (κ1) is 25.0. The minimum Gasteiger partial charge on any atom is -0.497 e. The van der Waals surface area contributed by atoms with E-state index in [0.29, 0.717) is 28.3 Å². The maximum absolute atomic E-state index is 13.2. The number of para-hydroxylation sites is 1. The molecule has 0 unspecified atom stereocenters. The molecule has 4 aromatic carbocycles. The molecule has 0 radical (unpaired) electrons. The number of carbonyl (C=O) groups is 2. The van der Waals surface area contributed by atoms with Crippen molar-refractivity contribution in [1.82, 2.24) is 10.4 Å². The quantitative estimate of drug-likeness (QED) is 0.100. The Labute approximate surface area is 227 Å². The highest BCUT2D eigenvalue weighted by Gasteiger charge is 2.19. The molecule has 0 saturated carbocycles. The number of nitrogens with zero attached hydrogens (tertiary/aromatic N) is 1. The molecule has 5 aromatic rings. The number of aromatic nitrogens is 1. The van der Waals surface area contributed by atoms with Crippen molar-refractivity contribution in [3.63, 3.8) is 0 Å². The lowest BCUT2D eigenvalue weighted by Gasteiger charge is -2.08. The molecule has 0 saturated heterocycles. The van der Waals surface area contributed by atoms with Gasteiger partial charge in [-0.1, -0.05) is 58.4 Å². The number of halogens is 1. The number of esters is 1. The van der Waals surface area contributed by atoms with Crippen LogP contribution in [0.2, 0.25) is 0 Å². The van der Waals surface area contributed by atoms with E-state index in [1.54, 1.807) is 55.6 Å². The molecule has 1 amide bonds. The summed E-state index contributed by atoms with van der Waals surface area (Å²) in [6.45, 7) is 0. The Morgan fingerprint density at radius 1 is 0.921 bits per heavy atom. The van der Waals surface area contributed by atoms with Crippen LogP contribution in [-0.4, -0.2) is 30.2 Å². The van der Waals surface area contributed by atoms with E-state index in [9.17, 15) is 9.59 Å². The molecule has 5 rings (SSSR count). The van der Waals surface area contributed by atoms with Gasteiger partial charge in [0.2, 0.25) is 0 Å². The first-order chi connectivity index (χ1) is 18.5. The summed E-state index contributed by atoms with van der Waals surface area (Å²) in [6.07, 6.45) is 1.44. The van der Waals surface area contributed by atoms with Crippen LogP contribution in [0.15, 0.2) is 107 Å². The molecular formula is C30H22BrN3O4. The Kier molecular flexibility index (Phi) is 7.33. The van der Waals surface area contributed by atoms with Crippen LogP contribution in [-0.2, 0) is 0 Å². The molecule has 1 heterocycles. The minimum absolute atomic E-state index is 0.312. The normalized spacial score (nSPS) is 11.0. The third-order valence-electron chi connectivity index (χ3n) is 5.87. The molecule has 0 aliphatic rings. The van der Waals surface area contributed by atoms with Crippen LogP contribution in [0.4, 0.5) is 0 Å². The van der Waals surface area contributed by atoms with Gasteiger partial charge in [0.15, 0.2) is 0 Å². The second-order valence-corrected chi connectivity index (χ2v) is 9.20. The van der Waals surface area contributed by atoms with Gasteiger partial charge in [-0.25, -0.2) is 10.2 Å². The monoisotopic (exact) mass is 567 g/mol. The number of carbonyl (C=O) groups excluding carboxylic acids is 2. The summed E-state index contributed by atoms with van der Waals surface area (Å²) >= 11 is 3.52. The summed E-state index contributed by atoms with van der Waals surface area (Å²) in [7, 11) is 1.56. The fraction of sp³-hybridized carbons (Fsp3) is 0.0333. The zero-order chi connectivity index (χ0) is 26.5. The number of methoxy groups -OCH3 is 1.